The summed E-state index contributed by atoms with van der Waals surface area (Å²) in [4.78, 5) is 14.8. The van der Waals surface area contributed by atoms with E-state index < -0.39 is 0 Å². The summed E-state index contributed by atoms with van der Waals surface area (Å²) in [5.41, 5.74) is 2.98. The fraction of sp³-hybridized carbons (Fsp3) is 0.263. The number of fused-ring (bicyclic) bond motifs is 1. The molecule has 3 aromatic rings. The molecule has 128 valence electrons. The summed E-state index contributed by atoms with van der Waals surface area (Å²) in [5, 5.41) is 7.26. The minimum absolute atomic E-state index is 0.0678. The van der Waals surface area contributed by atoms with Gasteiger partial charge in [0.05, 0.1) is 19.4 Å². The van der Waals surface area contributed by atoms with Gasteiger partial charge >= 0.3 is 0 Å². The van der Waals surface area contributed by atoms with E-state index in [4.69, 9.17) is 9.15 Å². The Kier molecular flexibility index (Phi) is 3.80. The van der Waals surface area contributed by atoms with Crippen molar-refractivity contribution in [2.75, 3.05) is 13.7 Å². The molecule has 3 heterocycles. The van der Waals surface area contributed by atoms with Crippen LogP contribution in [0.2, 0.25) is 0 Å². The first-order chi connectivity index (χ1) is 12.3. The van der Waals surface area contributed by atoms with Crippen molar-refractivity contribution in [3.63, 3.8) is 0 Å². The minimum atomic E-state index is -0.252. The fourth-order valence-corrected chi connectivity index (χ4v) is 3.48. The summed E-state index contributed by atoms with van der Waals surface area (Å²) in [6.45, 7) is 2.71. The average molecular weight is 337 g/mol. The van der Waals surface area contributed by atoms with Crippen LogP contribution in [-0.4, -0.2) is 34.7 Å². The highest BCUT2D eigenvalue weighted by Gasteiger charge is 2.43. The molecule has 0 aliphatic carbocycles. The molecule has 2 aromatic heterocycles. The van der Waals surface area contributed by atoms with Gasteiger partial charge in [-0.25, -0.2) is 0 Å². The van der Waals surface area contributed by atoms with Crippen LogP contribution in [0.1, 0.15) is 41.0 Å². The Labute approximate surface area is 145 Å². The molecule has 0 spiro atoms. The van der Waals surface area contributed by atoms with Gasteiger partial charge in [-0.05, 0) is 24.6 Å². The van der Waals surface area contributed by atoms with Crippen LogP contribution in [0.15, 0.2) is 47.1 Å². The SMILES string of the molecule is CCCN1C(=O)c2n[nH]c(-c3ccco3)c2C1c1ccccc1OC. The first-order valence-corrected chi connectivity index (χ1v) is 8.32. The second-order valence-corrected chi connectivity index (χ2v) is 5.98. The third kappa shape index (κ3) is 2.33. The molecule has 4 rings (SSSR count). The fourth-order valence-electron chi connectivity index (χ4n) is 3.48. The molecule has 1 aliphatic rings. The van der Waals surface area contributed by atoms with Crippen LogP contribution in [0, 0.1) is 0 Å². The Morgan fingerprint density at radius 2 is 2.12 bits per heavy atom. The van der Waals surface area contributed by atoms with E-state index in [0.29, 0.717) is 18.0 Å². The molecule has 1 aromatic carbocycles. The molecule has 0 saturated heterocycles. The molecule has 1 atom stereocenters. The van der Waals surface area contributed by atoms with E-state index in [9.17, 15) is 4.79 Å². The number of rotatable bonds is 5. The van der Waals surface area contributed by atoms with Crippen LogP contribution >= 0.6 is 0 Å². The molecular weight excluding hydrogens is 318 g/mol. The lowest BCUT2D eigenvalue weighted by Crippen LogP contribution is -2.30. The number of nitrogens with zero attached hydrogens (tertiary/aromatic N) is 2. The van der Waals surface area contributed by atoms with Crippen molar-refractivity contribution in [3.05, 3.63) is 59.5 Å². The number of carbonyl (C=O) groups is 1. The Balaban J connectivity index is 1.93. The van der Waals surface area contributed by atoms with Crippen molar-refractivity contribution in [2.45, 2.75) is 19.4 Å². The Morgan fingerprint density at radius 1 is 1.28 bits per heavy atom. The minimum Gasteiger partial charge on any atom is -0.496 e. The van der Waals surface area contributed by atoms with Gasteiger partial charge in [-0.2, -0.15) is 5.10 Å². The van der Waals surface area contributed by atoms with E-state index in [-0.39, 0.29) is 11.9 Å². The van der Waals surface area contributed by atoms with Crippen molar-refractivity contribution in [3.8, 4) is 17.2 Å². The third-order valence-electron chi connectivity index (χ3n) is 4.52. The van der Waals surface area contributed by atoms with Crippen LogP contribution in [0.5, 0.6) is 5.75 Å². The molecule has 0 saturated carbocycles. The smallest absolute Gasteiger partial charge is 0.275 e. The highest BCUT2D eigenvalue weighted by atomic mass is 16.5. The van der Waals surface area contributed by atoms with Crippen molar-refractivity contribution in [1.82, 2.24) is 15.1 Å². The molecule has 1 unspecified atom stereocenters. The summed E-state index contributed by atoms with van der Waals surface area (Å²) in [7, 11) is 1.64. The predicted molar refractivity (Wildman–Crippen MR) is 92.5 cm³/mol. The van der Waals surface area contributed by atoms with Crippen molar-refractivity contribution < 1.29 is 13.9 Å². The third-order valence-corrected chi connectivity index (χ3v) is 4.52. The quantitative estimate of drug-likeness (QED) is 0.772. The predicted octanol–water partition coefficient (Wildman–Crippen LogP) is 3.63. The van der Waals surface area contributed by atoms with Gasteiger partial charge in [0.2, 0.25) is 0 Å². The van der Waals surface area contributed by atoms with Gasteiger partial charge in [0, 0.05) is 17.7 Å². The lowest BCUT2D eigenvalue weighted by Gasteiger charge is -2.27. The van der Waals surface area contributed by atoms with E-state index in [1.807, 2.05) is 41.3 Å². The molecule has 0 fully saturated rings. The molecule has 1 amide bonds. The van der Waals surface area contributed by atoms with Gasteiger partial charge in [0.25, 0.3) is 5.91 Å². The van der Waals surface area contributed by atoms with Crippen LogP contribution in [-0.2, 0) is 0 Å². The zero-order chi connectivity index (χ0) is 17.4. The number of hydrogen-bond acceptors (Lipinski definition) is 4. The second-order valence-electron chi connectivity index (χ2n) is 5.98. The van der Waals surface area contributed by atoms with Crippen molar-refractivity contribution >= 4 is 5.91 Å². The first-order valence-electron chi connectivity index (χ1n) is 8.32. The maximum atomic E-state index is 12.9. The van der Waals surface area contributed by atoms with E-state index in [0.717, 1.165) is 29.0 Å². The second kappa shape index (κ2) is 6.12. The van der Waals surface area contributed by atoms with Crippen LogP contribution in [0.25, 0.3) is 11.5 Å². The number of furan rings is 1. The number of benzene rings is 1. The molecule has 1 N–H and O–H groups in total. The van der Waals surface area contributed by atoms with E-state index in [1.165, 1.54) is 0 Å². The Bertz CT molecular complexity index is 899. The number of methoxy groups -OCH3 is 1. The highest BCUT2D eigenvalue weighted by Crippen LogP contribution is 2.45. The van der Waals surface area contributed by atoms with Crippen LogP contribution < -0.4 is 4.74 Å². The largest absolute Gasteiger partial charge is 0.496 e. The molecule has 25 heavy (non-hydrogen) atoms. The van der Waals surface area contributed by atoms with Gasteiger partial charge in [0.15, 0.2) is 11.5 Å². The molecule has 6 nitrogen and oxygen atoms in total. The zero-order valence-corrected chi connectivity index (χ0v) is 14.2. The van der Waals surface area contributed by atoms with Gasteiger partial charge in [-0.3, -0.25) is 9.89 Å². The summed E-state index contributed by atoms with van der Waals surface area (Å²) in [6, 6.07) is 11.2. The normalized spacial score (nSPS) is 16.3. The van der Waals surface area contributed by atoms with Crippen molar-refractivity contribution in [2.24, 2.45) is 0 Å². The number of nitrogens with one attached hydrogen (secondary N) is 1. The van der Waals surface area contributed by atoms with Crippen LogP contribution in [0.3, 0.4) is 0 Å². The maximum Gasteiger partial charge on any atom is 0.275 e. The lowest BCUT2D eigenvalue weighted by atomic mass is 9.97. The molecular formula is C19H19N3O3. The van der Waals surface area contributed by atoms with E-state index in [2.05, 4.69) is 17.1 Å². The van der Waals surface area contributed by atoms with E-state index in [1.54, 1.807) is 13.4 Å². The molecule has 6 heteroatoms. The van der Waals surface area contributed by atoms with E-state index >= 15 is 0 Å². The summed E-state index contributed by atoms with van der Waals surface area (Å²) < 4.78 is 11.1. The maximum absolute atomic E-state index is 12.9. The number of ether oxygens (including phenoxy) is 1. The van der Waals surface area contributed by atoms with Gasteiger partial charge in [0.1, 0.15) is 11.4 Å². The standard InChI is InChI=1S/C19H19N3O3/c1-3-10-22-18(12-7-4-5-8-13(12)24-2)15-16(14-9-6-11-25-14)20-21-17(15)19(22)23/h4-9,11,18H,3,10H2,1-2H3,(H,20,21). The topological polar surface area (TPSA) is 71.4 Å². The number of aromatic nitrogens is 2. The summed E-state index contributed by atoms with van der Waals surface area (Å²) in [6.07, 6.45) is 2.47. The number of carbonyl (C=O) groups excluding carboxylic acids is 1. The molecule has 0 bridgehead atoms. The number of amides is 1. The molecule has 0 radical (unpaired) electrons. The number of H-pyrrole nitrogens is 1. The zero-order valence-electron chi connectivity index (χ0n) is 14.2. The highest BCUT2D eigenvalue weighted by molar-refractivity contribution is 6.00. The lowest BCUT2D eigenvalue weighted by molar-refractivity contribution is 0.0742. The van der Waals surface area contributed by atoms with Gasteiger partial charge in [-0.1, -0.05) is 25.1 Å². The first kappa shape index (κ1) is 15.5. The number of hydrogen-bond donors (Lipinski definition) is 1. The Morgan fingerprint density at radius 3 is 2.84 bits per heavy atom. The van der Waals surface area contributed by atoms with Crippen LogP contribution in [0.4, 0.5) is 0 Å². The van der Waals surface area contributed by atoms with Crippen molar-refractivity contribution in [1.29, 1.82) is 0 Å². The summed E-state index contributed by atoms with van der Waals surface area (Å²) >= 11 is 0. The average Bonchev–Trinajstić information content (AvgIpc) is 3.34. The Hall–Kier alpha value is -3.02. The van der Waals surface area contributed by atoms with Gasteiger partial charge < -0.3 is 14.1 Å². The monoisotopic (exact) mass is 337 g/mol. The number of para-hydroxylation sites is 1. The number of aromatic amines is 1. The molecule has 1 aliphatic heterocycles. The summed E-state index contributed by atoms with van der Waals surface area (Å²) in [5.74, 6) is 1.35. The van der Waals surface area contributed by atoms with Gasteiger partial charge in [-0.15, -0.1) is 0 Å².